The first-order chi connectivity index (χ1) is 28.2. The fourth-order valence-corrected chi connectivity index (χ4v) is 10.8. The van der Waals surface area contributed by atoms with Gasteiger partial charge >= 0.3 is 0 Å². The largest absolute Gasteiger partial charge is 0.308 e. The molecule has 0 bridgehead atoms. The van der Waals surface area contributed by atoms with Gasteiger partial charge in [-0.15, -0.1) is 22.7 Å². The van der Waals surface area contributed by atoms with Crippen LogP contribution in [0.15, 0.2) is 182 Å². The van der Waals surface area contributed by atoms with Gasteiger partial charge in [0.25, 0.3) is 0 Å². The number of thiophene rings is 2. The van der Waals surface area contributed by atoms with E-state index in [1.165, 1.54) is 79.0 Å². The average Bonchev–Trinajstić information content (AvgIpc) is 3.96. The van der Waals surface area contributed by atoms with Crippen LogP contribution in [0.1, 0.15) is 0 Å². The van der Waals surface area contributed by atoms with Crippen molar-refractivity contribution in [1.29, 1.82) is 0 Å². The molecule has 4 nitrogen and oxygen atoms in total. The van der Waals surface area contributed by atoms with Crippen molar-refractivity contribution < 1.29 is 0 Å². The summed E-state index contributed by atoms with van der Waals surface area (Å²) >= 11 is 3.67. The van der Waals surface area contributed by atoms with Crippen LogP contribution in [-0.2, 0) is 0 Å². The summed E-state index contributed by atoms with van der Waals surface area (Å²) in [6.07, 6.45) is 0. The van der Waals surface area contributed by atoms with Crippen LogP contribution in [0.25, 0.3) is 113 Å². The smallest absolute Gasteiger partial charge is 0.165 e. The molecule has 0 amide bonds. The van der Waals surface area contributed by atoms with E-state index in [0.717, 1.165) is 16.7 Å². The predicted octanol–water partition coefficient (Wildman–Crippen LogP) is 14.4. The molecule has 4 aromatic heterocycles. The van der Waals surface area contributed by atoms with Gasteiger partial charge in [-0.2, -0.15) is 0 Å². The third-order valence-electron chi connectivity index (χ3n) is 11.1. The van der Waals surface area contributed by atoms with Crippen molar-refractivity contribution in [2.45, 2.75) is 0 Å². The van der Waals surface area contributed by atoms with E-state index in [2.05, 4.69) is 150 Å². The van der Waals surface area contributed by atoms with Crippen LogP contribution in [0.5, 0.6) is 0 Å². The normalized spacial score (nSPS) is 11.9. The molecule has 0 saturated heterocycles. The topological polar surface area (TPSA) is 43.6 Å². The van der Waals surface area contributed by atoms with Crippen molar-refractivity contribution in [1.82, 2.24) is 19.5 Å². The van der Waals surface area contributed by atoms with E-state index in [1.54, 1.807) is 11.3 Å². The van der Waals surface area contributed by atoms with Gasteiger partial charge in [0.15, 0.2) is 17.5 Å². The van der Waals surface area contributed by atoms with Crippen LogP contribution in [0, 0.1) is 0 Å². The minimum atomic E-state index is 0.665. The molecule has 0 aliphatic rings. The SMILES string of the molecule is c1ccc(-c2nc(-c3ccccc3)nc(-c3cccc4c3sc3ccc(-c5ccc6sc7c(-n8c9ccccc9c9ccccc98)cccc7c6c5)cc34)n2)cc1. The van der Waals surface area contributed by atoms with E-state index in [9.17, 15) is 0 Å². The van der Waals surface area contributed by atoms with Gasteiger partial charge in [0, 0.05) is 63.1 Å². The second-order valence-corrected chi connectivity index (χ2v) is 16.5. The first-order valence-electron chi connectivity index (χ1n) is 19.0. The fourth-order valence-electron chi connectivity index (χ4n) is 8.40. The summed E-state index contributed by atoms with van der Waals surface area (Å²) in [5, 5.41) is 7.56. The highest BCUT2D eigenvalue weighted by Crippen LogP contribution is 2.44. The van der Waals surface area contributed by atoms with Crippen LogP contribution < -0.4 is 0 Å². The van der Waals surface area contributed by atoms with Gasteiger partial charge < -0.3 is 4.57 Å². The van der Waals surface area contributed by atoms with E-state index in [4.69, 9.17) is 15.0 Å². The third kappa shape index (κ3) is 5.15. The maximum Gasteiger partial charge on any atom is 0.165 e. The first kappa shape index (κ1) is 32.3. The summed E-state index contributed by atoms with van der Waals surface area (Å²) in [6, 6.07) is 64.9. The molecule has 6 heteroatoms. The lowest BCUT2D eigenvalue weighted by atomic mass is 10.00. The molecule has 0 atom stereocenters. The van der Waals surface area contributed by atoms with E-state index in [-0.39, 0.29) is 0 Å². The molecule has 0 unspecified atom stereocenters. The molecule has 0 radical (unpaired) electrons. The molecular weight excluding hydrogens is 733 g/mol. The van der Waals surface area contributed by atoms with E-state index in [0.29, 0.717) is 17.5 Å². The predicted molar refractivity (Wildman–Crippen MR) is 242 cm³/mol. The van der Waals surface area contributed by atoms with Gasteiger partial charge in [0.05, 0.1) is 21.4 Å². The molecule has 12 rings (SSSR count). The van der Waals surface area contributed by atoms with Crippen molar-refractivity contribution in [3.63, 3.8) is 0 Å². The van der Waals surface area contributed by atoms with Crippen molar-refractivity contribution in [2.24, 2.45) is 0 Å². The molecule has 0 saturated carbocycles. The summed E-state index contributed by atoms with van der Waals surface area (Å²) < 4.78 is 7.43. The highest BCUT2D eigenvalue weighted by atomic mass is 32.1. The molecule has 12 aromatic rings. The van der Waals surface area contributed by atoms with Gasteiger partial charge in [-0.1, -0.05) is 133 Å². The monoisotopic (exact) mass is 762 g/mol. The van der Waals surface area contributed by atoms with Gasteiger partial charge in [-0.05, 0) is 59.7 Å². The number of rotatable bonds is 5. The molecule has 57 heavy (non-hydrogen) atoms. The van der Waals surface area contributed by atoms with Crippen molar-refractivity contribution in [3.05, 3.63) is 182 Å². The Labute approximate surface area is 335 Å². The Hall–Kier alpha value is -6.99. The zero-order chi connectivity index (χ0) is 37.5. The number of aromatic nitrogens is 4. The van der Waals surface area contributed by atoms with Gasteiger partial charge in [-0.3, -0.25) is 0 Å². The number of hydrogen-bond donors (Lipinski definition) is 0. The third-order valence-corrected chi connectivity index (χ3v) is 13.5. The maximum atomic E-state index is 5.07. The lowest BCUT2D eigenvalue weighted by Gasteiger charge is -2.09. The quantitative estimate of drug-likeness (QED) is 0.175. The molecule has 4 heterocycles. The summed E-state index contributed by atoms with van der Waals surface area (Å²) in [6.45, 7) is 0. The summed E-state index contributed by atoms with van der Waals surface area (Å²) in [5.41, 5.74) is 9.02. The maximum absolute atomic E-state index is 5.07. The van der Waals surface area contributed by atoms with E-state index in [1.807, 2.05) is 47.7 Å². The van der Waals surface area contributed by atoms with E-state index < -0.39 is 0 Å². The molecule has 0 N–H and O–H groups in total. The van der Waals surface area contributed by atoms with Gasteiger partial charge in [0.1, 0.15) is 0 Å². The molecule has 0 spiro atoms. The van der Waals surface area contributed by atoms with Crippen molar-refractivity contribution in [3.8, 4) is 51.0 Å². The number of benzene rings is 8. The average molecular weight is 763 g/mol. The number of para-hydroxylation sites is 2. The fraction of sp³-hybridized carbons (Fsp3) is 0. The molecule has 0 aliphatic heterocycles. The Kier molecular flexibility index (Phi) is 7.24. The number of fused-ring (bicyclic) bond motifs is 9. The van der Waals surface area contributed by atoms with Crippen LogP contribution in [0.3, 0.4) is 0 Å². The summed E-state index contributed by atoms with van der Waals surface area (Å²) in [5.74, 6) is 2.01. The zero-order valence-electron chi connectivity index (χ0n) is 30.4. The Morgan fingerprint density at radius 1 is 0.333 bits per heavy atom. The highest BCUT2D eigenvalue weighted by Gasteiger charge is 2.19. The van der Waals surface area contributed by atoms with E-state index >= 15 is 0 Å². The van der Waals surface area contributed by atoms with Gasteiger partial charge in [0.2, 0.25) is 0 Å². The van der Waals surface area contributed by atoms with Gasteiger partial charge in [-0.25, -0.2) is 15.0 Å². The minimum absolute atomic E-state index is 0.665. The van der Waals surface area contributed by atoms with Crippen molar-refractivity contribution in [2.75, 3.05) is 0 Å². The second-order valence-electron chi connectivity index (χ2n) is 14.4. The molecule has 266 valence electrons. The van der Waals surface area contributed by atoms with Crippen LogP contribution in [-0.4, -0.2) is 19.5 Å². The van der Waals surface area contributed by atoms with Crippen LogP contribution in [0.2, 0.25) is 0 Å². The standard InChI is InChI=1S/C51H30N4S2/c1-3-13-31(14-4-1)49-52-50(32-15-5-2-6-16-32)54-51(53-49)39-21-11-19-37-40-29-33(25-27-45(40)56-47(37)39)34-26-28-46-41(30-34)38-20-12-24-44(48(38)57-46)55-42-22-9-7-17-35(42)36-18-8-10-23-43(36)55/h1-30H. The minimum Gasteiger partial charge on any atom is -0.308 e. The summed E-state index contributed by atoms with van der Waals surface area (Å²) in [7, 11) is 0. The first-order valence-corrected chi connectivity index (χ1v) is 20.7. The lowest BCUT2D eigenvalue weighted by molar-refractivity contribution is 1.08. The highest BCUT2D eigenvalue weighted by molar-refractivity contribution is 7.26. The number of hydrogen-bond acceptors (Lipinski definition) is 5. The molecule has 0 fully saturated rings. The Morgan fingerprint density at radius 3 is 1.40 bits per heavy atom. The molecule has 0 aliphatic carbocycles. The van der Waals surface area contributed by atoms with Crippen LogP contribution in [0.4, 0.5) is 0 Å². The molecule has 8 aromatic carbocycles. The molecular formula is C51H30N4S2. The number of nitrogens with zero attached hydrogens (tertiary/aromatic N) is 4. The van der Waals surface area contributed by atoms with Crippen molar-refractivity contribution >= 4 is 84.8 Å². The lowest BCUT2D eigenvalue weighted by Crippen LogP contribution is -2.00. The summed E-state index contributed by atoms with van der Waals surface area (Å²) in [4.78, 5) is 15.1. The Morgan fingerprint density at radius 2 is 0.807 bits per heavy atom. The zero-order valence-corrected chi connectivity index (χ0v) is 32.1. The Balaban J connectivity index is 0.987. The van der Waals surface area contributed by atoms with Crippen LogP contribution >= 0.6 is 22.7 Å². The second kappa shape index (κ2) is 12.8. The Bertz CT molecular complexity index is 3410.